The molecule has 4 atom stereocenters. The molecule has 0 aromatic heterocycles. The molecule has 1 heterocycles. The minimum atomic E-state index is -0.879. The molecule has 1 aliphatic rings. The summed E-state index contributed by atoms with van der Waals surface area (Å²) in [6.45, 7) is 6.93. The van der Waals surface area contributed by atoms with Crippen molar-refractivity contribution in [2.24, 2.45) is 0 Å². The minimum absolute atomic E-state index is 0.479. The lowest BCUT2D eigenvalue weighted by molar-refractivity contribution is 0.0395. The van der Waals surface area contributed by atoms with Gasteiger partial charge in [-0.1, -0.05) is 12.2 Å². The van der Waals surface area contributed by atoms with Crippen LogP contribution >= 0.6 is 0 Å². The Morgan fingerprint density at radius 3 is 1.55 bits per heavy atom. The van der Waals surface area contributed by atoms with Gasteiger partial charge in [0.05, 0.1) is 0 Å². The molecular formula is C8H12O3. The highest BCUT2D eigenvalue weighted by Crippen LogP contribution is 2.22. The van der Waals surface area contributed by atoms with Gasteiger partial charge in [-0.05, 0) is 0 Å². The van der Waals surface area contributed by atoms with Gasteiger partial charge in [0.1, 0.15) is 24.4 Å². The van der Waals surface area contributed by atoms with E-state index < -0.39 is 24.4 Å². The SMILES string of the molecule is C=CC1OC(C=C)C(O)C1O. The van der Waals surface area contributed by atoms with Gasteiger partial charge in [0.15, 0.2) is 0 Å². The number of hydrogen-bond acceptors (Lipinski definition) is 3. The number of rotatable bonds is 2. The summed E-state index contributed by atoms with van der Waals surface area (Å²) in [5.74, 6) is 0. The first-order valence-electron chi connectivity index (χ1n) is 3.47. The van der Waals surface area contributed by atoms with E-state index in [-0.39, 0.29) is 0 Å². The molecule has 0 spiro atoms. The Kier molecular flexibility index (Phi) is 2.44. The third-order valence-electron chi connectivity index (χ3n) is 1.80. The van der Waals surface area contributed by atoms with E-state index in [1.54, 1.807) is 0 Å². The lowest BCUT2D eigenvalue weighted by Gasteiger charge is -2.09. The Labute approximate surface area is 65.6 Å². The second kappa shape index (κ2) is 3.17. The van der Waals surface area contributed by atoms with E-state index in [0.29, 0.717) is 0 Å². The van der Waals surface area contributed by atoms with Gasteiger partial charge in [-0.2, -0.15) is 0 Å². The summed E-state index contributed by atoms with van der Waals surface area (Å²) in [6, 6.07) is 0. The first-order valence-corrected chi connectivity index (χ1v) is 3.47. The minimum Gasteiger partial charge on any atom is -0.387 e. The van der Waals surface area contributed by atoms with Gasteiger partial charge < -0.3 is 14.9 Å². The van der Waals surface area contributed by atoms with Crippen LogP contribution in [0.5, 0.6) is 0 Å². The predicted octanol–water partition coefficient (Wildman–Crippen LogP) is -0.152. The van der Waals surface area contributed by atoms with E-state index in [4.69, 9.17) is 4.74 Å². The molecule has 0 aliphatic carbocycles. The molecular weight excluding hydrogens is 144 g/mol. The predicted molar refractivity (Wildman–Crippen MR) is 41.1 cm³/mol. The fourth-order valence-corrected chi connectivity index (χ4v) is 1.12. The van der Waals surface area contributed by atoms with Crippen LogP contribution in [0.3, 0.4) is 0 Å². The highest BCUT2D eigenvalue weighted by molar-refractivity contribution is 5.03. The van der Waals surface area contributed by atoms with E-state index in [0.717, 1.165) is 0 Å². The van der Waals surface area contributed by atoms with E-state index in [1.165, 1.54) is 12.2 Å². The smallest absolute Gasteiger partial charge is 0.112 e. The molecule has 3 heteroatoms. The van der Waals surface area contributed by atoms with Gasteiger partial charge in [-0.25, -0.2) is 0 Å². The first kappa shape index (κ1) is 8.46. The standard InChI is InChI=1S/C8H12O3/c1-3-5-7(9)8(10)6(4-2)11-5/h3-10H,1-2H2. The highest BCUT2D eigenvalue weighted by atomic mass is 16.5. The second-order valence-electron chi connectivity index (χ2n) is 2.52. The average molecular weight is 156 g/mol. The molecule has 62 valence electrons. The maximum atomic E-state index is 9.26. The molecule has 1 aliphatic heterocycles. The molecule has 0 bridgehead atoms. The van der Waals surface area contributed by atoms with Crippen LogP contribution in [0.1, 0.15) is 0 Å². The van der Waals surface area contributed by atoms with Crippen molar-refractivity contribution in [1.82, 2.24) is 0 Å². The third kappa shape index (κ3) is 1.35. The summed E-state index contributed by atoms with van der Waals surface area (Å²) in [4.78, 5) is 0. The maximum absolute atomic E-state index is 9.26. The van der Waals surface area contributed by atoms with Crippen LogP contribution in [-0.4, -0.2) is 34.6 Å². The summed E-state index contributed by atoms with van der Waals surface area (Å²) >= 11 is 0. The highest BCUT2D eigenvalue weighted by Gasteiger charge is 2.39. The van der Waals surface area contributed by atoms with E-state index in [9.17, 15) is 10.2 Å². The lowest BCUT2D eigenvalue weighted by atomic mass is 10.1. The molecule has 0 aromatic carbocycles. The van der Waals surface area contributed by atoms with Gasteiger partial charge >= 0.3 is 0 Å². The maximum Gasteiger partial charge on any atom is 0.112 e. The van der Waals surface area contributed by atoms with E-state index >= 15 is 0 Å². The molecule has 0 amide bonds. The first-order chi connectivity index (χ1) is 5.20. The van der Waals surface area contributed by atoms with Crippen LogP contribution in [0.4, 0.5) is 0 Å². The molecule has 0 radical (unpaired) electrons. The zero-order valence-corrected chi connectivity index (χ0v) is 6.18. The van der Waals surface area contributed by atoms with Crippen LogP contribution < -0.4 is 0 Å². The Hall–Kier alpha value is -0.640. The number of aliphatic hydroxyl groups excluding tert-OH is 2. The van der Waals surface area contributed by atoms with Gasteiger partial charge in [-0.15, -0.1) is 13.2 Å². The normalized spacial score (nSPS) is 43.8. The van der Waals surface area contributed by atoms with Crippen LogP contribution in [0.15, 0.2) is 25.3 Å². The van der Waals surface area contributed by atoms with Gasteiger partial charge in [0, 0.05) is 0 Å². The van der Waals surface area contributed by atoms with Crippen LogP contribution in [0, 0.1) is 0 Å². The number of ether oxygens (including phenoxy) is 1. The van der Waals surface area contributed by atoms with Crippen molar-refractivity contribution in [1.29, 1.82) is 0 Å². The topological polar surface area (TPSA) is 49.7 Å². The quantitative estimate of drug-likeness (QED) is 0.546. The van der Waals surface area contributed by atoms with Crippen molar-refractivity contribution in [3.63, 3.8) is 0 Å². The summed E-state index contributed by atoms with van der Waals surface area (Å²) < 4.78 is 5.15. The zero-order chi connectivity index (χ0) is 8.43. The number of aliphatic hydroxyl groups is 2. The fraction of sp³-hybridized carbons (Fsp3) is 0.500. The monoisotopic (exact) mass is 156 g/mol. The van der Waals surface area contributed by atoms with Crippen molar-refractivity contribution in [3.8, 4) is 0 Å². The second-order valence-corrected chi connectivity index (χ2v) is 2.52. The van der Waals surface area contributed by atoms with Crippen molar-refractivity contribution in [2.45, 2.75) is 24.4 Å². The van der Waals surface area contributed by atoms with Gasteiger partial charge in [0.2, 0.25) is 0 Å². The van der Waals surface area contributed by atoms with Crippen molar-refractivity contribution in [3.05, 3.63) is 25.3 Å². The Bertz CT molecular complexity index is 149. The molecule has 2 N–H and O–H groups in total. The van der Waals surface area contributed by atoms with Crippen LogP contribution in [-0.2, 0) is 4.74 Å². The molecule has 11 heavy (non-hydrogen) atoms. The fourth-order valence-electron chi connectivity index (χ4n) is 1.12. The van der Waals surface area contributed by atoms with Crippen LogP contribution in [0.2, 0.25) is 0 Å². The molecule has 0 saturated carbocycles. The van der Waals surface area contributed by atoms with Crippen LogP contribution in [0.25, 0.3) is 0 Å². The van der Waals surface area contributed by atoms with E-state index in [2.05, 4.69) is 13.2 Å². The Morgan fingerprint density at radius 2 is 1.36 bits per heavy atom. The summed E-state index contributed by atoms with van der Waals surface area (Å²) in [5.41, 5.74) is 0. The van der Waals surface area contributed by atoms with E-state index in [1.807, 2.05) is 0 Å². The largest absolute Gasteiger partial charge is 0.387 e. The van der Waals surface area contributed by atoms with Crippen molar-refractivity contribution in [2.75, 3.05) is 0 Å². The van der Waals surface area contributed by atoms with Gasteiger partial charge in [-0.3, -0.25) is 0 Å². The lowest BCUT2D eigenvalue weighted by Crippen LogP contribution is -2.30. The molecule has 1 saturated heterocycles. The average Bonchev–Trinajstić information content (AvgIpc) is 2.30. The third-order valence-corrected chi connectivity index (χ3v) is 1.80. The summed E-state index contributed by atoms with van der Waals surface area (Å²) in [7, 11) is 0. The molecule has 4 unspecified atom stereocenters. The molecule has 3 nitrogen and oxygen atoms in total. The zero-order valence-electron chi connectivity index (χ0n) is 6.18. The van der Waals surface area contributed by atoms with Crippen molar-refractivity contribution < 1.29 is 14.9 Å². The summed E-state index contributed by atoms with van der Waals surface area (Å²) in [6.07, 6.45) is 0.224. The molecule has 1 rings (SSSR count). The summed E-state index contributed by atoms with van der Waals surface area (Å²) in [5, 5.41) is 18.5. The Morgan fingerprint density at radius 1 is 1.00 bits per heavy atom. The number of hydrogen-bond donors (Lipinski definition) is 2. The molecule has 0 aromatic rings. The Balaban J connectivity index is 2.67. The molecule has 1 fully saturated rings. The van der Waals surface area contributed by atoms with Gasteiger partial charge in [0.25, 0.3) is 0 Å². The van der Waals surface area contributed by atoms with Crippen molar-refractivity contribution >= 4 is 0 Å².